The second-order valence-corrected chi connectivity index (χ2v) is 8.68. The molecule has 0 aromatic heterocycles. The van der Waals surface area contributed by atoms with Crippen LogP contribution in [0.2, 0.25) is 0 Å². The van der Waals surface area contributed by atoms with E-state index in [2.05, 4.69) is 0 Å². The van der Waals surface area contributed by atoms with Gasteiger partial charge in [-0.1, -0.05) is 0 Å². The van der Waals surface area contributed by atoms with Crippen LogP contribution in [0, 0.1) is 0 Å². The highest BCUT2D eigenvalue weighted by molar-refractivity contribution is 6.01. The third-order valence-corrected chi connectivity index (χ3v) is 5.68. The average molecular weight is 571 g/mol. The molecule has 0 aliphatic heterocycles. The Hall–Kier alpha value is -5.31. The Bertz CT molecular complexity index is 1310. The third kappa shape index (κ3) is 8.11. The van der Waals surface area contributed by atoms with Gasteiger partial charge < -0.3 is 28.4 Å². The number of carbonyl (C=O) groups excluding carboxylic acids is 3. The van der Waals surface area contributed by atoms with E-state index in [9.17, 15) is 14.4 Å². The van der Waals surface area contributed by atoms with Crippen molar-refractivity contribution in [3.63, 3.8) is 0 Å². The van der Waals surface area contributed by atoms with Crippen molar-refractivity contribution in [2.75, 3.05) is 19.8 Å². The van der Waals surface area contributed by atoms with Gasteiger partial charge in [0.05, 0.1) is 36.5 Å². The highest BCUT2D eigenvalue weighted by Gasteiger charge is 2.20. The molecule has 0 atom stereocenters. The predicted molar refractivity (Wildman–Crippen MR) is 154 cm³/mol. The number of rotatable bonds is 12. The molecule has 0 heterocycles. The normalized spacial score (nSPS) is 10.4. The molecule has 4 aromatic carbocycles. The van der Waals surface area contributed by atoms with Crippen molar-refractivity contribution in [3.05, 3.63) is 108 Å². The van der Waals surface area contributed by atoms with Crippen molar-refractivity contribution < 1.29 is 42.8 Å². The fourth-order valence-corrected chi connectivity index (χ4v) is 3.79. The maximum Gasteiger partial charge on any atom is 0.343 e. The van der Waals surface area contributed by atoms with Crippen LogP contribution in [0.5, 0.6) is 34.5 Å². The maximum atomic E-state index is 13.1. The Balaban J connectivity index is 1.59. The topological polar surface area (TPSA) is 107 Å². The summed E-state index contributed by atoms with van der Waals surface area (Å²) in [5.41, 5.74) is -0.156. The third-order valence-electron chi connectivity index (χ3n) is 5.68. The van der Waals surface area contributed by atoms with Gasteiger partial charge >= 0.3 is 17.9 Å². The summed E-state index contributed by atoms with van der Waals surface area (Å²) in [6.07, 6.45) is 0. The van der Waals surface area contributed by atoms with Crippen molar-refractivity contribution >= 4 is 17.9 Å². The minimum absolute atomic E-state index is 0.0522. The van der Waals surface area contributed by atoms with Gasteiger partial charge in [-0.15, -0.1) is 0 Å². The van der Waals surface area contributed by atoms with Crippen LogP contribution in [0.25, 0.3) is 0 Å². The van der Waals surface area contributed by atoms with Crippen molar-refractivity contribution in [2.24, 2.45) is 0 Å². The van der Waals surface area contributed by atoms with E-state index in [4.69, 9.17) is 28.4 Å². The molecular weight excluding hydrogens is 540 g/mol. The Kier molecular flexibility index (Phi) is 10.1. The summed E-state index contributed by atoms with van der Waals surface area (Å²) < 4.78 is 32.7. The summed E-state index contributed by atoms with van der Waals surface area (Å²) in [5.74, 6) is 0.264. The highest BCUT2D eigenvalue weighted by atomic mass is 16.5. The van der Waals surface area contributed by atoms with Crippen LogP contribution >= 0.6 is 0 Å². The lowest BCUT2D eigenvalue weighted by atomic mass is 10.1. The summed E-state index contributed by atoms with van der Waals surface area (Å²) >= 11 is 0. The van der Waals surface area contributed by atoms with Gasteiger partial charge in [-0.25, -0.2) is 14.4 Å². The molecule has 9 heteroatoms. The molecule has 0 fully saturated rings. The molecule has 0 saturated heterocycles. The summed E-state index contributed by atoms with van der Waals surface area (Å²) in [6.45, 7) is 7.07. The molecule has 0 unspecified atom stereocenters. The maximum absolute atomic E-state index is 13.1. The van der Waals surface area contributed by atoms with E-state index in [1.807, 2.05) is 20.8 Å². The van der Waals surface area contributed by atoms with Crippen molar-refractivity contribution in [1.82, 2.24) is 0 Å². The predicted octanol–water partition coefficient (Wildman–Crippen LogP) is 6.54. The van der Waals surface area contributed by atoms with Crippen molar-refractivity contribution in [2.45, 2.75) is 20.8 Å². The Morgan fingerprint density at radius 2 is 0.619 bits per heavy atom. The first kappa shape index (κ1) is 29.7. The molecule has 0 radical (unpaired) electrons. The SMILES string of the molecule is CCOc1ccc(OC(=O)c2cc(C(=O)Oc3ccc(OCC)cc3)cc(C(=O)Oc3ccc(OCC)cc3)c2)cc1. The van der Waals surface area contributed by atoms with Crippen LogP contribution in [0.1, 0.15) is 51.8 Å². The lowest BCUT2D eigenvalue weighted by molar-refractivity contribution is 0.0734. The number of hydrogen-bond acceptors (Lipinski definition) is 9. The average Bonchev–Trinajstić information content (AvgIpc) is 3.00. The Labute approximate surface area is 243 Å². The lowest BCUT2D eigenvalue weighted by Gasteiger charge is -2.11. The molecule has 0 bridgehead atoms. The van der Waals surface area contributed by atoms with Gasteiger partial charge in [0, 0.05) is 0 Å². The standard InChI is InChI=1S/C33H30O9/c1-4-37-25-7-13-28(14-8-25)40-31(34)22-19-23(32(35)41-29-15-9-26(10-16-29)38-5-2)21-24(20-22)33(36)42-30-17-11-27(12-18-30)39-6-3/h7-21H,4-6H2,1-3H3. The summed E-state index contributed by atoms with van der Waals surface area (Å²) in [5, 5.41) is 0. The van der Waals surface area contributed by atoms with Crippen LogP contribution < -0.4 is 28.4 Å². The van der Waals surface area contributed by atoms with Crippen LogP contribution in [0.15, 0.2) is 91.0 Å². The molecule has 216 valence electrons. The van der Waals surface area contributed by atoms with Gasteiger partial charge in [0.25, 0.3) is 0 Å². The highest BCUT2D eigenvalue weighted by Crippen LogP contribution is 2.23. The van der Waals surface area contributed by atoms with E-state index in [-0.39, 0.29) is 33.9 Å². The zero-order chi connectivity index (χ0) is 29.9. The molecule has 0 N–H and O–H groups in total. The fourth-order valence-electron chi connectivity index (χ4n) is 3.79. The van der Waals surface area contributed by atoms with E-state index in [0.717, 1.165) is 0 Å². The van der Waals surface area contributed by atoms with Gasteiger partial charge in [0.1, 0.15) is 34.5 Å². The monoisotopic (exact) mass is 570 g/mol. The van der Waals surface area contributed by atoms with Crippen LogP contribution in [0.4, 0.5) is 0 Å². The van der Waals surface area contributed by atoms with E-state index in [0.29, 0.717) is 37.1 Å². The molecule has 0 spiro atoms. The Morgan fingerprint density at radius 1 is 0.405 bits per heavy atom. The minimum atomic E-state index is -0.787. The number of ether oxygens (including phenoxy) is 6. The van der Waals surface area contributed by atoms with E-state index in [1.165, 1.54) is 18.2 Å². The second-order valence-electron chi connectivity index (χ2n) is 8.68. The largest absolute Gasteiger partial charge is 0.494 e. The zero-order valence-corrected chi connectivity index (χ0v) is 23.5. The fraction of sp³-hybridized carbons (Fsp3) is 0.182. The number of esters is 3. The number of carbonyl (C=O) groups is 3. The lowest BCUT2D eigenvalue weighted by Crippen LogP contribution is -2.16. The van der Waals surface area contributed by atoms with Gasteiger partial charge in [-0.05, 0) is 112 Å². The van der Waals surface area contributed by atoms with Crippen LogP contribution in [-0.4, -0.2) is 37.7 Å². The quantitative estimate of drug-likeness (QED) is 0.139. The number of hydrogen-bond donors (Lipinski definition) is 0. The van der Waals surface area contributed by atoms with Gasteiger partial charge in [-0.3, -0.25) is 0 Å². The summed E-state index contributed by atoms with van der Waals surface area (Å²) in [4.78, 5) is 39.3. The van der Waals surface area contributed by atoms with Gasteiger partial charge in [-0.2, -0.15) is 0 Å². The van der Waals surface area contributed by atoms with Crippen molar-refractivity contribution in [1.29, 1.82) is 0 Å². The van der Waals surface area contributed by atoms with E-state index >= 15 is 0 Å². The molecule has 4 aromatic rings. The van der Waals surface area contributed by atoms with Gasteiger partial charge in [0.2, 0.25) is 0 Å². The van der Waals surface area contributed by atoms with Crippen molar-refractivity contribution in [3.8, 4) is 34.5 Å². The molecule has 9 nitrogen and oxygen atoms in total. The molecule has 0 aliphatic carbocycles. The second kappa shape index (κ2) is 14.4. The zero-order valence-electron chi connectivity index (χ0n) is 23.5. The molecule has 0 aliphatic rings. The molecular formula is C33H30O9. The number of benzene rings is 4. The first-order chi connectivity index (χ1) is 20.4. The first-order valence-corrected chi connectivity index (χ1v) is 13.4. The summed E-state index contributed by atoms with van der Waals surface area (Å²) in [7, 11) is 0. The molecule has 42 heavy (non-hydrogen) atoms. The van der Waals surface area contributed by atoms with E-state index < -0.39 is 17.9 Å². The molecule has 4 rings (SSSR count). The van der Waals surface area contributed by atoms with E-state index in [1.54, 1.807) is 72.8 Å². The van der Waals surface area contributed by atoms with Gasteiger partial charge in [0.15, 0.2) is 0 Å². The first-order valence-electron chi connectivity index (χ1n) is 13.4. The summed E-state index contributed by atoms with van der Waals surface area (Å²) in [6, 6.07) is 23.3. The smallest absolute Gasteiger partial charge is 0.343 e. The van der Waals surface area contributed by atoms with Crippen LogP contribution in [0.3, 0.4) is 0 Å². The Morgan fingerprint density at radius 3 is 0.833 bits per heavy atom. The minimum Gasteiger partial charge on any atom is -0.494 e. The van der Waals surface area contributed by atoms with Crippen LogP contribution in [-0.2, 0) is 0 Å². The molecule has 0 saturated carbocycles. The molecule has 0 amide bonds.